The SMILES string of the molecule is COCCCC(C(=O)O)n1sc2ccccc2c1=O. The number of carboxylic acid groups (broad SMARTS) is 1. The van der Waals surface area contributed by atoms with E-state index in [-0.39, 0.29) is 5.56 Å². The van der Waals surface area contributed by atoms with Crippen LogP contribution in [-0.4, -0.2) is 28.7 Å². The number of ether oxygens (including phenoxy) is 1. The Morgan fingerprint density at radius 3 is 2.84 bits per heavy atom. The zero-order chi connectivity index (χ0) is 13.8. The summed E-state index contributed by atoms with van der Waals surface area (Å²) in [4.78, 5) is 23.5. The molecule has 0 saturated heterocycles. The lowest BCUT2D eigenvalue weighted by Gasteiger charge is -2.11. The first-order valence-electron chi connectivity index (χ1n) is 5.97. The van der Waals surface area contributed by atoms with E-state index in [9.17, 15) is 14.7 Å². The minimum Gasteiger partial charge on any atom is -0.480 e. The van der Waals surface area contributed by atoms with Gasteiger partial charge in [-0.1, -0.05) is 23.7 Å². The van der Waals surface area contributed by atoms with Crippen molar-refractivity contribution in [3.05, 3.63) is 34.6 Å². The second kappa shape index (κ2) is 5.99. The van der Waals surface area contributed by atoms with Gasteiger partial charge in [-0.2, -0.15) is 0 Å². The summed E-state index contributed by atoms with van der Waals surface area (Å²) in [6.45, 7) is 0.490. The Labute approximate surface area is 114 Å². The molecule has 5 nitrogen and oxygen atoms in total. The van der Waals surface area contributed by atoms with E-state index in [0.29, 0.717) is 24.8 Å². The molecule has 1 aromatic carbocycles. The lowest BCUT2D eigenvalue weighted by Crippen LogP contribution is -2.26. The zero-order valence-electron chi connectivity index (χ0n) is 10.5. The fourth-order valence-electron chi connectivity index (χ4n) is 1.96. The van der Waals surface area contributed by atoms with Gasteiger partial charge in [0.25, 0.3) is 5.56 Å². The summed E-state index contributed by atoms with van der Waals surface area (Å²) in [6.07, 6.45) is 0.990. The van der Waals surface area contributed by atoms with Gasteiger partial charge in [0.15, 0.2) is 0 Å². The van der Waals surface area contributed by atoms with Crippen molar-refractivity contribution >= 4 is 27.6 Å². The Bertz CT molecular complexity index is 631. The molecule has 0 amide bonds. The molecule has 1 unspecified atom stereocenters. The normalized spacial score (nSPS) is 12.7. The highest BCUT2D eigenvalue weighted by molar-refractivity contribution is 7.13. The standard InChI is InChI=1S/C13H15NO4S/c1-18-8-4-6-10(13(16)17)14-12(15)9-5-2-3-7-11(9)19-14/h2-3,5,7,10H,4,6,8H2,1H3,(H,16,17). The summed E-state index contributed by atoms with van der Waals surface area (Å²) in [5.74, 6) is -0.982. The number of rotatable bonds is 6. The van der Waals surface area contributed by atoms with Crippen LogP contribution in [-0.2, 0) is 9.53 Å². The van der Waals surface area contributed by atoms with Crippen LogP contribution in [0.25, 0.3) is 10.1 Å². The molecule has 0 spiro atoms. The maximum Gasteiger partial charge on any atom is 0.327 e. The van der Waals surface area contributed by atoms with E-state index in [1.165, 1.54) is 15.5 Å². The van der Waals surface area contributed by atoms with Crippen LogP contribution in [0, 0.1) is 0 Å². The number of hydrogen-bond donors (Lipinski definition) is 1. The van der Waals surface area contributed by atoms with Crippen LogP contribution in [0.1, 0.15) is 18.9 Å². The molecule has 6 heteroatoms. The molecule has 0 saturated carbocycles. The Morgan fingerprint density at radius 1 is 1.47 bits per heavy atom. The molecular weight excluding hydrogens is 266 g/mol. The van der Waals surface area contributed by atoms with Crippen molar-refractivity contribution in [2.45, 2.75) is 18.9 Å². The fraction of sp³-hybridized carbons (Fsp3) is 0.385. The summed E-state index contributed by atoms with van der Waals surface area (Å²) in [5.41, 5.74) is -0.231. The van der Waals surface area contributed by atoms with Gasteiger partial charge in [-0.3, -0.25) is 4.79 Å². The smallest absolute Gasteiger partial charge is 0.327 e. The highest BCUT2D eigenvalue weighted by atomic mass is 32.1. The van der Waals surface area contributed by atoms with Gasteiger partial charge in [0.1, 0.15) is 6.04 Å². The number of methoxy groups -OCH3 is 1. The third kappa shape index (κ3) is 2.85. The predicted octanol–water partition coefficient (Wildman–Crippen LogP) is 2.12. The fourth-order valence-corrected chi connectivity index (χ4v) is 3.07. The molecule has 0 radical (unpaired) electrons. The quantitative estimate of drug-likeness (QED) is 0.823. The van der Waals surface area contributed by atoms with Gasteiger partial charge in [0.05, 0.1) is 10.1 Å². The van der Waals surface area contributed by atoms with Gasteiger partial charge in [0, 0.05) is 13.7 Å². The van der Waals surface area contributed by atoms with Crippen LogP contribution in [0.5, 0.6) is 0 Å². The van der Waals surface area contributed by atoms with Crippen molar-refractivity contribution in [1.82, 2.24) is 3.96 Å². The number of nitrogens with zero attached hydrogens (tertiary/aromatic N) is 1. The first-order chi connectivity index (χ1) is 9.15. The maximum absolute atomic E-state index is 12.2. The van der Waals surface area contributed by atoms with Crippen molar-refractivity contribution in [2.24, 2.45) is 0 Å². The van der Waals surface area contributed by atoms with Gasteiger partial charge < -0.3 is 9.84 Å². The summed E-state index contributed by atoms with van der Waals surface area (Å²) in [6, 6.07) is 6.34. The van der Waals surface area contributed by atoms with Gasteiger partial charge in [-0.15, -0.1) is 0 Å². The van der Waals surface area contributed by atoms with E-state index in [2.05, 4.69) is 0 Å². The van der Waals surface area contributed by atoms with Crippen molar-refractivity contribution in [3.8, 4) is 0 Å². The van der Waals surface area contributed by atoms with Crippen molar-refractivity contribution in [2.75, 3.05) is 13.7 Å². The van der Waals surface area contributed by atoms with E-state index in [0.717, 1.165) is 4.70 Å². The number of aromatic nitrogens is 1. The first-order valence-corrected chi connectivity index (χ1v) is 6.74. The van der Waals surface area contributed by atoms with Gasteiger partial charge in [-0.05, 0) is 25.0 Å². The lowest BCUT2D eigenvalue weighted by molar-refractivity contribution is -0.141. The number of benzene rings is 1. The largest absolute Gasteiger partial charge is 0.480 e. The molecule has 1 N–H and O–H groups in total. The average Bonchev–Trinajstić information content (AvgIpc) is 2.72. The zero-order valence-corrected chi connectivity index (χ0v) is 11.4. The number of hydrogen-bond acceptors (Lipinski definition) is 4. The monoisotopic (exact) mass is 281 g/mol. The highest BCUT2D eigenvalue weighted by Gasteiger charge is 2.23. The summed E-state index contributed by atoms with van der Waals surface area (Å²) >= 11 is 1.20. The van der Waals surface area contributed by atoms with E-state index < -0.39 is 12.0 Å². The van der Waals surface area contributed by atoms with Gasteiger partial charge in [-0.25, -0.2) is 8.75 Å². The van der Waals surface area contributed by atoms with E-state index in [4.69, 9.17) is 4.74 Å². The lowest BCUT2D eigenvalue weighted by atomic mass is 10.1. The molecule has 1 heterocycles. The first kappa shape index (κ1) is 13.8. The van der Waals surface area contributed by atoms with Crippen LogP contribution >= 0.6 is 11.5 Å². The molecule has 1 aromatic heterocycles. The molecule has 1 atom stereocenters. The molecule has 0 bridgehead atoms. The predicted molar refractivity (Wildman–Crippen MR) is 73.9 cm³/mol. The molecule has 0 aliphatic rings. The molecule has 102 valence electrons. The van der Waals surface area contributed by atoms with Gasteiger partial charge >= 0.3 is 5.97 Å². The highest BCUT2D eigenvalue weighted by Crippen LogP contribution is 2.22. The number of carboxylic acids is 1. The molecule has 0 fully saturated rings. The van der Waals surface area contributed by atoms with Crippen molar-refractivity contribution in [3.63, 3.8) is 0 Å². The minimum absolute atomic E-state index is 0.231. The maximum atomic E-state index is 12.2. The Kier molecular flexibility index (Phi) is 4.34. The average molecular weight is 281 g/mol. The molecule has 2 aromatic rings. The van der Waals surface area contributed by atoms with Crippen LogP contribution in [0.2, 0.25) is 0 Å². The van der Waals surface area contributed by atoms with Crippen LogP contribution < -0.4 is 5.56 Å². The Balaban J connectivity index is 2.36. The second-order valence-corrected chi connectivity index (χ2v) is 5.22. The third-order valence-electron chi connectivity index (χ3n) is 2.91. The second-order valence-electron chi connectivity index (χ2n) is 4.21. The molecule has 2 rings (SSSR count). The van der Waals surface area contributed by atoms with Crippen LogP contribution in [0.15, 0.2) is 29.1 Å². The van der Waals surface area contributed by atoms with Gasteiger partial charge in [0.2, 0.25) is 0 Å². The number of aliphatic carboxylic acids is 1. The van der Waals surface area contributed by atoms with Crippen LogP contribution in [0.4, 0.5) is 0 Å². The molecule has 0 aliphatic carbocycles. The van der Waals surface area contributed by atoms with Crippen molar-refractivity contribution < 1.29 is 14.6 Å². The van der Waals surface area contributed by atoms with Crippen LogP contribution in [0.3, 0.4) is 0 Å². The Hall–Kier alpha value is -1.66. The number of fused-ring (bicyclic) bond motifs is 1. The van der Waals surface area contributed by atoms with Crippen molar-refractivity contribution in [1.29, 1.82) is 0 Å². The summed E-state index contributed by atoms with van der Waals surface area (Å²) in [7, 11) is 1.57. The summed E-state index contributed by atoms with van der Waals surface area (Å²) in [5, 5.41) is 9.86. The molecular formula is C13H15NO4S. The number of carbonyl (C=O) groups is 1. The third-order valence-corrected chi connectivity index (χ3v) is 4.08. The Morgan fingerprint density at radius 2 is 2.21 bits per heavy atom. The van der Waals surface area contributed by atoms with E-state index in [1.807, 2.05) is 12.1 Å². The topological polar surface area (TPSA) is 68.5 Å². The minimum atomic E-state index is -0.982. The molecule has 19 heavy (non-hydrogen) atoms. The molecule has 0 aliphatic heterocycles. The summed E-state index contributed by atoms with van der Waals surface area (Å²) < 4.78 is 7.08. The van der Waals surface area contributed by atoms with E-state index in [1.54, 1.807) is 19.2 Å². The van der Waals surface area contributed by atoms with E-state index >= 15 is 0 Å².